The first kappa shape index (κ1) is 20.7. The Balaban J connectivity index is 1.59. The maximum absolute atomic E-state index is 12.5. The van der Waals surface area contributed by atoms with E-state index in [1.165, 1.54) is 0 Å². The maximum atomic E-state index is 12.5. The predicted octanol–water partition coefficient (Wildman–Crippen LogP) is 4.50. The van der Waals surface area contributed by atoms with Gasteiger partial charge in [0.15, 0.2) is 0 Å². The molecule has 0 radical (unpaired) electrons. The summed E-state index contributed by atoms with van der Waals surface area (Å²) in [5.74, 6) is -0.0277. The highest BCUT2D eigenvalue weighted by molar-refractivity contribution is 5.97. The molecule has 29 heavy (non-hydrogen) atoms. The van der Waals surface area contributed by atoms with Crippen molar-refractivity contribution in [2.75, 3.05) is 34.8 Å². The Kier molecular flexibility index (Phi) is 6.42. The molecule has 0 spiro atoms. The fourth-order valence-corrected chi connectivity index (χ4v) is 3.64. The molecule has 6 heteroatoms. The lowest BCUT2D eigenvalue weighted by molar-refractivity contribution is -0.117. The number of nitrogens with one attached hydrogen (secondary N) is 1. The maximum Gasteiger partial charge on any atom is 0.411 e. The summed E-state index contributed by atoms with van der Waals surface area (Å²) in [5.41, 5.74) is 4.78. The molecule has 3 rings (SSSR count). The molecule has 1 atom stereocenters. The van der Waals surface area contributed by atoms with E-state index in [-0.39, 0.29) is 12.3 Å². The van der Waals surface area contributed by atoms with E-state index >= 15 is 0 Å². The van der Waals surface area contributed by atoms with E-state index in [0.29, 0.717) is 12.2 Å². The summed E-state index contributed by atoms with van der Waals surface area (Å²) in [7, 11) is 0. The molecule has 2 aromatic carbocycles. The highest BCUT2D eigenvalue weighted by Crippen LogP contribution is 2.27. The molecule has 1 aliphatic rings. The molecular weight excluding hydrogens is 366 g/mol. The summed E-state index contributed by atoms with van der Waals surface area (Å²) < 4.78 is 5.50. The minimum Gasteiger partial charge on any atom is -0.444 e. The number of ether oxygens (including phenoxy) is 1. The Morgan fingerprint density at radius 3 is 2.48 bits per heavy atom. The molecule has 1 fully saturated rings. The van der Waals surface area contributed by atoms with Crippen molar-refractivity contribution in [3.05, 3.63) is 53.6 Å². The van der Waals surface area contributed by atoms with Gasteiger partial charge in [-0.2, -0.15) is 0 Å². The fraction of sp³-hybridized carbons (Fsp3) is 0.391. The van der Waals surface area contributed by atoms with Crippen LogP contribution in [0.3, 0.4) is 0 Å². The molecule has 0 aromatic heterocycles. The molecule has 6 nitrogen and oxygen atoms in total. The molecule has 0 bridgehead atoms. The van der Waals surface area contributed by atoms with Crippen molar-refractivity contribution in [2.45, 2.75) is 40.2 Å². The monoisotopic (exact) mass is 395 g/mol. The first-order chi connectivity index (χ1) is 13.9. The Labute approximate surface area is 172 Å². The van der Waals surface area contributed by atoms with Crippen molar-refractivity contribution in [3.63, 3.8) is 0 Å². The van der Waals surface area contributed by atoms with Crippen LogP contribution in [0, 0.1) is 13.8 Å². The predicted molar refractivity (Wildman–Crippen MR) is 117 cm³/mol. The number of hydrogen-bond donors (Lipinski definition) is 1. The molecule has 1 aliphatic heterocycles. The van der Waals surface area contributed by atoms with E-state index in [0.717, 1.165) is 35.6 Å². The van der Waals surface area contributed by atoms with Crippen LogP contribution in [0.4, 0.5) is 21.9 Å². The minimum atomic E-state index is -0.541. The van der Waals surface area contributed by atoms with Gasteiger partial charge in [-0.25, -0.2) is 4.79 Å². The van der Waals surface area contributed by atoms with Crippen molar-refractivity contribution in [1.29, 1.82) is 0 Å². The van der Waals surface area contributed by atoms with Crippen LogP contribution in [0.1, 0.15) is 31.4 Å². The lowest BCUT2D eigenvalue weighted by atomic mass is 10.1. The van der Waals surface area contributed by atoms with Crippen LogP contribution in [-0.4, -0.2) is 37.7 Å². The Morgan fingerprint density at radius 1 is 1.14 bits per heavy atom. The lowest BCUT2D eigenvalue weighted by Crippen LogP contribution is -2.28. The van der Waals surface area contributed by atoms with Gasteiger partial charge in [-0.1, -0.05) is 12.1 Å². The Bertz CT molecular complexity index is 875. The SMILES string of the molecule is CCN(CC)c1ccc(NC(=O)OC2CC(=O)N(c3cc(C)ccc3C)C2)cc1. The Hall–Kier alpha value is -3.02. The molecule has 154 valence electrons. The Morgan fingerprint density at radius 2 is 1.83 bits per heavy atom. The summed E-state index contributed by atoms with van der Waals surface area (Å²) in [6.07, 6.45) is -0.805. The smallest absolute Gasteiger partial charge is 0.411 e. The normalized spacial score (nSPS) is 16.1. The zero-order valence-electron chi connectivity index (χ0n) is 17.6. The van der Waals surface area contributed by atoms with Gasteiger partial charge >= 0.3 is 6.09 Å². The number of carbonyl (C=O) groups is 2. The lowest BCUT2D eigenvalue weighted by Gasteiger charge is -2.21. The molecule has 1 heterocycles. The number of carbonyl (C=O) groups excluding carboxylic acids is 2. The van der Waals surface area contributed by atoms with Gasteiger partial charge in [-0.05, 0) is 69.2 Å². The summed E-state index contributed by atoms with van der Waals surface area (Å²) >= 11 is 0. The third-order valence-electron chi connectivity index (χ3n) is 5.26. The number of amides is 2. The number of nitrogens with zero attached hydrogens (tertiary/aromatic N) is 2. The van der Waals surface area contributed by atoms with E-state index in [2.05, 4.69) is 24.1 Å². The van der Waals surface area contributed by atoms with Crippen molar-refractivity contribution in [1.82, 2.24) is 0 Å². The van der Waals surface area contributed by atoms with Gasteiger partial charge in [0.2, 0.25) is 5.91 Å². The van der Waals surface area contributed by atoms with E-state index in [1.54, 1.807) is 4.90 Å². The van der Waals surface area contributed by atoms with Crippen LogP contribution in [-0.2, 0) is 9.53 Å². The third kappa shape index (κ3) is 4.88. The largest absolute Gasteiger partial charge is 0.444 e. The van der Waals surface area contributed by atoms with Crippen LogP contribution in [0.25, 0.3) is 0 Å². The summed E-state index contributed by atoms with van der Waals surface area (Å²) in [4.78, 5) is 28.7. The quantitative estimate of drug-likeness (QED) is 0.782. The van der Waals surface area contributed by atoms with Crippen molar-refractivity contribution < 1.29 is 14.3 Å². The highest BCUT2D eigenvalue weighted by atomic mass is 16.6. The first-order valence-electron chi connectivity index (χ1n) is 10.1. The van der Waals surface area contributed by atoms with Crippen molar-refractivity contribution in [2.24, 2.45) is 0 Å². The summed E-state index contributed by atoms with van der Waals surface area (Å²) in [6, 6.07) is 13.7. The number of rotatable bonds is 6. The first-order valence-corrected chi connectivity index (χ1v) is 10.1. The second-order valence-corrected chi connectivity index (χ2v) is 7.37. The van der Waals surface area contributed by atoms with Gasteiger partial charge in [-0.15, -0.1) is 0 Å². The zero-order valence-corrected chi connectivity index (χ0v) is 17.6. The molecule has 2 aromatic rings. The van der Waals surface area contributed by atoms with E-state index in [4.69, 9.17) is 4.74 Å². The summed E-state index contributed by atoms with van der Waals surface area (Å²) in [5, 5.41) is 2.75. The highest BCUT2D eigenvalue weighted by Gasteiger charge is 2.34. The van der Waals surface area contributed by atoms with Gasteiger partial charge in [0.25, 0.3) is 0 Å². The van der Waals surface area contributed by atoms with Crippen LogP contribution in [0.5, 0.6) is 0 Å². The van der Waals surface area contributed by atoms with Crippen molar-refractivity contribution >= 4 is 29.1 Å². The second-order valence-electron chi connectivity index (χ2n) is 7.37. The van der Waals surface area contributed by atoms with Gasteiger partial charge in [0.05, 0.1) is 13.0 Å². The molecule has 2 amide bonds. The van der Waals surface area contributed by atoms with Crippen LogP contribution >= 0.6 is 0 Å². The third-order valence-corrected chi connectivity index (χ3v) is 5.26. The van der Waals surface area contributed by atoms with Crippen molar-refractivity contribution in [3.8, 4) is 0 Å². The number of anilines is 3. The van der Waals surface area contributed by atoms with Gasteiger partial charge in [-0.3, -0.25) is 10.1 Å². The van der Waals surface area contributed by atoms with Crippen LogP contribution < -0.4 is 15.1 Å². The fourth-order valence-electron chi connectivity index (χ4n) is 3.64. The van der Waals surface area contributed by atoms with E-state index < -0.39 is 12.2 Å². The molecule has 1 saturated heterocycles. The molecule has 0 aliphatic carbocycles. The topological polar surface area (TPSA) is 61.9 Å². The average Bonchev–Trinajstić information content (AvgIpc) is 3.05. The summed E-state index contributed by atoms with van der Waals surface area (Å²) in [6.45, 7) is 10.4. The van der Waals surface area contributed by atoms with E-state index in [1.807, 2.05) is 56.3 Å². The van der Waals surface area contributed by atoms with E-state index in [9.17, 15) is 9.59 Å². The number of aryl methyl sites for hydroxylation is 2. The molecular formula is C23H29N3O3. The van der Waals surface area contributed by atoms with Gasteiger partial charge in [0.1, 0.15) is 6.10 Å². The van der Waals surface area contributed by atoms with Gasteiger partial charge in [0, 0.05) is 30.2 Å². The average molecular weight is 396 g/mol. The molecule has 1 unspecified atom stereocenters. The molecule has 1 N–H and O–H groups in total. The zero-order chi connectivity index (χ0) is 21.0. The van der Waals surface area contributed by atoms with Crippen LogP contribution in [0.15, 0.2) is 42.5 Å². The second kappa shape index (κ2) is 8.99. The standard InChI is InChI=1S/C23H29N3O3/c1-5-25(6-2)19-11-9-18(10-12-19)24-23(28)29-20-14-22(27)26(15-20)21-13-16(3)7-8-17(21)4/h7-13,20H,5-6,14-15H2,1-4H3,(H,24,28). The van der Waals surface area contributed by atoms with Crippen LogP contribution in [0.2, 0.25) is 0 Å². The number of hydrogen-bond acceptors (Lipinski definition) is 4. The number of benzene rings is 2. The molecule has 0 saturated carbocycles. The minimum absolute atomic E-state index is 0.0277. The van der Waals surface area contributed by atoms with Gasteiger partial charge < -0.3 is 14.5 Å².